The van der Waals surface area contributed by atoms with Crippen LogP contribution in [0.3, 0.4) is 0 Å². The highest BCUT2D eigenvalue weighted by molar-refractivity contribution is 6.01. The molecule has 0 radical (unpaired) electrons. The standard InChI is InChI=1S/C25H27N3O2/c1-17-21(22(28-30-17)19-10-4-2-5-11-19)24(29)27-23(20-12-6-3-7-13-20)25-14-8-9-18(15-25)16-26-25/h2-7,10-13,18,23,26H,8-9,14-16H2,1H3,(H,27,29). The van der Waals surface area contributed by atoms with E-state index in [9.17, 15) is 4.79 Å². The topological polar surface area (TPSA) is 67.2 Å². The summed E-state index contributed by atoms with van der Waals surface area (Å²) in [4.78, 5) is 13.6. The summed E-state index contributed by atoms with van der Waals surface area (Å²) >= 11 is 0. The lowest BCUT2D eigenvalue weighted by Crippen LogP contribution is -2.52. The molecule has 2 N–H and O–H groups in total. The molecule has 1 aliphatic heterocycles. The molecule has 1 saturated heterocycles. The van der Waals surface area contributed by atoms with E-state index in [2.05, 4.69) is 27.9 Å². The Morgan fingerprint density at radius 2 is 1.90 bits per heavy atom. The fourth-order valence-electron chi connectivity index (χ4n) is 5.29. The molecule has 2 aromatic carbocycles. The van der Waals surface area contributed by atoms with E-state index in [4.69, 9.17) is 4.52 Å². The fraction of sp³-hybridized carbons (Fsp3) is 0.360. The number of hydrogen-bond acceptors (Lipinski definition) is 4. The van der Waals surface area contributed by atoms with Crippen molar-refractivity contribution in [2.45, 2.75) is 44.2 Å². The number of carbonyl (C=O) groups is 1. The zero-order chi connectivity index (χ0) is 20.6. The van der Waals surface area contributed by atoms with Gasteiger partial charge in [-0.15, -0.1) is 0 Å². The normalized spacial score (nSPS) is 23.8. The first-order valence-corrected chi connectivity index (χ1v) is 10.8. The van der Waals surface area contributed by atoms with Crippen LogP contribution in [0.4, 0.5) is 0 Å². The van der Waals surface area contributed by atoms with Gasteiger partial charge in [0.2, 0.25) is 0 Å². The van der Waals surface area contributed by atoms with Crippen molar-refractivity contribution in [1.82, 2.24) is 15.8 Å². The highest BCUT2D eigenvalue weighted by Crippen LogP contribution is 2.45. The Balaban J connectivity index is 1.51. The van der Waals surface area contributed by atoms with Gasteiger partial charge in [0.1, 0.15) is 17.0 Å². The van der Waals surface area contributed by atoms with Gasteiger partial charge in [0.15, 0.2) is 0 Å². The van der Waals surface area contributed by atoms with Crippen LogP contribution >= 0.6 is 0 Å². The van der Waals surface area contributed by atoms with Crippen molar-refractivity contribution < 1.29 is 9.32 Å². The molecule has 0 spiro atoms. The Bertz CT molecular complexity index is 1030. The van der Waals surface area contributed by atoms with Crippen LogP contribution in [0, 0.1) is 12.8 Å². The molecule has 30 heavy (non-hydrogen) atoms. The largest absolute Gasteiger partial charge is 0.360 e. The van der Waals surface area contributed by atoms with E-state index >= 15 is 0 Å². The first-order chi connectivity index (χ1) is 14.7. The molecule has 2 heterocycles. The van der Waals surface area contributed by atoms with Crippen LogP contribution in [0.5, 0.6) is 0 Å². The monoisotopic (exact) mass is 401 g/mol. The number of fused-ring (bicyclic) bond motifs is 2. The number of rotatable bonds is 5. The van der Waals surface area contributed by atoms with Gasteiger partial charge in [0.05, 0.1) is 6.04 Å². The van der Waals surface area contributed by atoms with E-state index in [0.717, 1.165) is 30.5 Å². The average molecular weight is 402 g/mol. The van der Waals surface area contributed by atoms with E-state index in [1.165, 1.54) is 12.8 Å². The van der Waals surface area contributed by atoms with Crippen molar-refractivity contribution in [3.63, 3.8) is 0 Å². The lowest BCUT2D eigenvalue weighted by atomic mass is 9.73. The Morgan fingerprint density at radius 3 is 2.67 bits per heavy atom. The Morgan fingerprint density at radius 1 is 1.17 bits per heavy atom. The second-order valence-corrected chi connectivity index (χ2v) is 8.64. The van der Waals surface area contributed by atoms with Crippen molar-refractivity contribution in [3.8, 4) is 11.3 Å². The molecular formula is C25H27N3O2. The van der Waals surface area contributed by atoms with Gasteiger partial charge in [-0.25, -0.2) is 0 Å². The molecule has 1 amide bonds. The molecule has 5 nitrogen and oxygen atoms in total. The van der Waals surface area contributed by atoms with E-state index < -0.39 is 0 Å². The smallest absolute Gasteiger partial charge is 0.257 e. The molecule has 3 unspecified atom stereocenters. The molecule has 1 aliphatic carbocycles. The summed E-state index contributed by atoms with van der Waals surface area (Å²) in [7, 11) is 0. The number of aromatic nitrogens is 1. The number of carbonyl (C=O) groups excluding carboxylic acids is 1. The maximum Gasteiger partial charge on any atom is 0.257 e. The number of benzene rings is 2. The highest BCUT2D eigenvalue weighted by atomic mass is 16.5. The van der Waals surface area contributed by atoms with Crippen molar-refractivity contribution in [2.75, 3.05) is 6.54 Å². The Labute approximate surface area is 176 Å². The van der Waals surface area contributed by atoms with Gasteiger partial charge < -0.3 is 15.2 Å². The number of nitrogens with one attached hydrogen (secondary N) is 2. The van der Waals surface area contributed by atoms with E-state index in [1.54, 1.807) is 6.92 Å². The molecule has 2 fully saturated rings. The first-order valence-electron chi connectivity index (χ1n) is 10.8. The summed E-state index contributed by atoms with van der Waals surface area (Å²) < 4.78 is 5.44. The zero-order valence-corrected chi connectivity index (χ0v) is 17.2. The van der Waals surface area contributed by atoms with E-state index in [-0.39, 0.29) is 17.5 Å². The number of amides is 1. The predicted octanol–water partition coefficient (Wildman–Crippen LogP) is 4.65. The van der Waals surface area contributed by atoms with Crippen LogP contribution in [-0.4, -0.2) is 23.1 Å². The Hall–Kier alpha value is -2.92. The molecule has 154 valence electrons. The minimum Gasteiger partial charge on any atom is -0.360 e. The minimum atomic E-state index is -0.133. The van der Waals surface area contributed by atoms with Crippen LogP contribution in [0.2, 0.25) is 0 Å². The van der Waals surface area contributed by atoms with Crippen LogP contribution in [0.25, 0.3) is 11.3 Å². The molecule has 3 atom stereocenters. The summed E-state index contributed by atoms with van der Waals surface area (Å²) in [6, 6.07) is 20.0. The highest BCUT2D eigenvalue weighted by Gasteiger charge is 2.48. The molecule has 1 saturated carbocycles. The molecule has 5 rings (SSSR count). The summed E-state index contributed by atoms with van der Waals surface area (Å²) in [5.41, 5.74) is 3.03. The number of hydrogen-bond donors (Lipinski definition) is 2. The molecule has 1 aromatic heterocycles. The lowest BCUT2D eigenvalue weighted by Gasteiger charge is -2.41. The van der Waals surface area contributed by atoms with Gasteiger partial charge in [-0.05, 0) is 44.2 Å². The average Bonchev–Trinajstić information content (AvgIpc) is 3.32. The van der Waals surface area contributed by atoms with E-state index in [0.29, 0.717) is 22.9 Å². The zero-order valence-electron chi connectivity index (χ0n) is 17.2. The van der Waals surface area contributed by atoms with E-state index in [1.807, 2.05) is 48.5 Å². The quantitative estimate of drug-likeness (QED) is 0.653. The second-order valence-electron chi connectivity index (χ2n) is 8.64. The summed E-state index contributed by atoms with van der Waals surface area (Å²) in [6.45, 7) is 2.83. The van der Waals surface area contributed by atoms with Crippen molar-refractivity contribution in [3.05, 3.63) is 77.6 Å². The summed E-state index contributed by atoms with van der Waals surface area (Å²) in [6.07, 6.45) is 4.63. The van der Waals surface area contributed by atoms with Crippen LogP contribution in [0.15, 0.2) is 65.2 Å². The molecule has 2 bridgehead atoms. The van der Waals surface area contributed by atoms with Gasteiger partial charge in [0, 0.05) is 11.1 Å². The third-order valence-electron chi connectivity index (χ3n) is 6.73. The maximum absolute atomic E-state index is 13.6. The fourth-order valence-corrected chi connectivity index (χ4v) is 5.29. The third-order valence-corrected chi connectivity index (χ3v) is 6.73. The maximum atomic E-state index is 13.6. The second kappa shape index (κ2) is 7.73. The van der Waals surface area contributed by atoms with Gasteiger partial charge >= 0.3 is 0 Å². The number of nitrogens with zero attached hydrogens (tertiary/aromatic N) is 1. The van der Waals surface area contributed by atoms with Crippen LogP contribution in [0.1, 0.15) is 53.4 Å². The summed E-state index contributed by atoms with van der Waals surface area (Å²) in [5, 5.41) is 11.4. The molecule has 3 aromatic rings. The van der Waals surface area contributed by atoms with Gasteiger partial charge in [0.25, 0.3) is 5.91 Å². The van der Waals surface area contributed by atoms with Gasteiger partial charge in [-0.1, -0.05) is 72.2 Å². The Kier molecular flexibility index (Phi) is 4.91. The molecule has 2 aliphatic rings. The number of aryl methyl sites for hydroxylation is 1. The van der Waals surface area contributed by atoms with Gasteiger partial charge in [-0.2, -0.15) is 0 Å². The molecular weight excluding hydrogens is 374 g/mol. The van der Waals surface area contributed by atoms with Gasteiger partial charge in [-0.3, -0.25) is 4.79 Å². The van der Waals surface area contributed by atoms with Crippen molar-refractivity contribution in [1.29, 1.82) is 0 Å². The molecule has 5 heteroatoms. The van der Waals surface area contributed by atoms with Crippen molar-refractivity contribution in [2.24, 2.45) is 5.92 Å². The summed E-state index contributed by atoms with van der Waals surface area (Å²) in [5.74, 6) is 1.10. The third kappa shape index (κ3) is 3.33. The van der Waals surface area contributed by atoms with Crippen LogP contribution < -0.4 is 10.6 Å². The minimum absolute atomic E-state index is 0.0993. The lowest BCUT2D eigenvalue weighted by molar-refractivity contribution is 0.0891. The van der Waals surface area contributed by atoms with Crippen molar-refractivity contribution >= 4 is 5.91 Å². The SMILES string of the molecule is Cc1onc(-c2ccccc2)c1C(=O)NC(c1ccccc1)C12CCCC(CN1)C2. The van der Waals surface area contributed by atoms with Crippen LogP contribution in [-0.2, 0) is 0 Å². The predicted molar refractivity (Wildman–Crippen MR) is 116 cm³/mol. The first kappa shape index (κ1) is 19.1.